The summed E-state index contributed by atoms with van der Waals surface area (Å²) in [6.45, 7) is 3.86. The maximum absolute atomic E-state index is 12.3. The third-order valence-electron chi connectivity index (χ3n) is 3.79. The molecule has 0 unspecified atom stereocenters. The molecule has 0 atom stereocenters. The summed E-state index contributed by atoms with van der Waals surface area (Å²) in [5.41, 5.74) is 1.25. The molecule has 0 aliphatic carbocycles. The number of anilines is 1. The minimum Gasteiger partial charge on any atom is -0.495 e. The van der Waals surface area contributed by atoms with E-state index in [1.807, 2.05) is 13.8 Å². The Bertz CT molecular complexity index is 1050. The number of H-pyrrole nitrogens is 1. The predicted octanol–water partition coefficient (Wildman–Crippen LogP) is 3.99. The number of fused-ring (bicyclic) bond motifs is 1. The SMILES string of the molecule is COc1ccc(Cl)cc1NC(=O)CSc1nc2sc(C)c(C)c2c(=O)[nH]1. The molecule has 0 aliphatic heterocycles. The van der Waals surface area contributed by atoms with E-state index in [1.54, 1.807) is 18.2 Å². The van der Waals surface area contributed by atoms with Crippen LogP contribution in [-0.2, 0) is 4.79 Å². The predicted molar refractivity (Wildman–Crippen MR) is 107 cm³/mol. The van der Waals surface area contributed by atoms with Crippen molar-refractivity contribution in [3.05, 3.63) is 44.0 Å². The van der Waals surface area contributed by atoms with Gasteiger partial charge in [0, 0.05) is 9.90 Å². The molecule has 2 N–H and O–H groups in total. The van der Waals surface area contributed by atoms with E-state index in [2.05, 4.69) is 15.3 Å². The Labute approximate surface area is 162 Å². The molecule has 0 fully saturated rings. The number of nitrogens with one attached hydrogen (secondary N) is 2. The van der Waals surface area contributed by atoms with Crippen LogP contribution >= 0.6 is 34.7 Å². The van der Waals surface area contributed by atoms with E-state index in [4.69, 9.17) is 16.3 Å². The van der Waals surface area contributed by atoms with E-state index in [9.17, 15) is 9.59 Å². The highest BCUT2D eigenvalue weighted by atomic mass is 35.5. The molecule has 0 radical (unpaired) electrons. The number of benzene rings is 1. The zero-order valence-electron chi connectivity index (χ0n) is 14.3. The van der Waals surface area contributed by atoms with Gasteiger partial charge in [0.05, 0.1) is 23.9 Å². The fourth-order valence-electron chi connectivity index (χ4n) is 2.40. The Hall–Kier alpha value is -2.03. The van der Waals surface area contributed by atoms with Gasteiger partial charge in [-0.1, -0.05) is 23.4 Å². The standard InChI is InChI=1S/C17H16ClN3O3S2/c1-8-9(2)26-16-14(8)15(23)20-17(21-16)25-7-13(22)19-11-6-10(18)4-5-12(11)24-3/h4-6H,7H2,1-3H3,(H,19,22)(H,20,21,23). The van der Waals surface area contributed by atoms with Gasteiger partial charge in [-0.2, -0.15) is 0 Å². The number of aromatic nitrogens is 2. The van der Waals surface area contributed by atoms with Crippen molar-refractivity contribution in [2.45, 2.75) is 19.0 Å². The maximum Gasteiger partial charge on any atom is 0.260 e. The van der Waals surface area contributed by atoms with E-state index in [0.717, 1.165) is 22.2 Å². The Morgan fingerprint density at radius 2 is 2.19 bits per heavy atom. The van der Waals surface area contributed by atoms with Crippen LogP contribution in [0.1, 0.15) is 10.4 Å². The van der Waals surface area contributed by atoms with E-state index in [0.29, 0.717) is 31.8 Å². The second-order valence-electron chi connectivity index (χ2n) is 5.52. The number of hydrogen-bond donors (Lipinski definition) is 2. The molecule has 0 bridgehead atoms. The molecule has 1 amide bonds. The number of hydrogen-bond acceptors (Lipinski definition) is 6. The average Bonchev–Trinajstić information content (AvgIpc) is 2.88. The minimum atomic E-state index is -0.253. The minimum absolute atomic E-state index is 0.0907. The van der Waals surface area contributed by atoms with Crippen LogP contribution in [0, 0.1) is 13.8 Å². The van der Waals surface area contributed by atoms with E-state index < -0.39 is 0 Å². The smallest absolute Gasteiger partial charge is 0.260 e. The number of carbonyl (C=O) groups is 1. The summed E-state index contributed by atoms with van der Waals surface area (Å²) in [4.78, 5) is 33.4. The third-order valence-corrected chi connectivity index (χ3v) is 6.00. The number of amides is 1. The van der Waals surface area contributed by atoms with Gasteiger partial charge >= 0.3 is 0 Å². The van der Waals surface area contributed by atoms with Crippen molar-refractivity contribution in [2.24, 2.45) is 0 Å². The molecular weight excluding hydrogens is 394 g/mol. The van der Waals surface area contributed by atoms with E-state index in [1.165, 1.54) is 18.4 Å². The zero-order chi connectivity index (χ0) is 18.8. The number of thioether (sulfide) groups is 1. The molecule has 0 aliphatic rings. The molecule has 6 nitrogen and oxygen atoms in total. The molecule has 1 aromatic carbocycles. The van der Waals surface area contributed by atoms with Gasteiger partial charge in [-0.3, -0.25) is 9.59 Å². The quantitative estimate of drug-likeness (QED) is 0.491. The highest BCUT2D eigenvalue weighted by Crippen LogP contribution is 2.29. The molecule has 2 aromatic heterocycles. The lowest BCUT2D eigenvalue weighted by Gasteiger charge is -2.10. The molecule has 26 heavy (non-hydrogen) atoms. The first kappa shape index (κ1) is 18.8. The van der Waals surface area contributed by atoms with Crippen LogP contribution < -0.4 is 15.6 Å². The van der Waals surface area contributed by atoms with Crippen molar-refractivity contribution in [3.63, 3.8) is 0 Å². The number of halogens is 1. The van der Waals surface area contributed by atoms with Crippen LogP contribution in [0.15, 0.2) is 28.2 Å². The van der Waals surface area contributed by atoms with Gasteiger partial charge in [-0.25, -0.2) is 4.98 Å². The number of nitrogens with zero attached hydrogens (tertiary/aromatic N) is 1. The second-order valence-corrected chi connectivity index (χ2v) is 8.12. The van der Waals surface area contributed by atoms with Crippen molar-refractivity contribution in [2.75, 3.05) is 18.2 Å². The van der Waals surface area contributed by atoms with Crippen LogP contribution in [0.25, 0.3) is 10.2 Å². The number of rotatable bonds is 5. The monoisotopic (exact) mass is 409 g/mol. The summed E-state index contributed by atoms with van der Waals surface area (Å²) < 4.78 is 5.20. The Morgan fingerprint density at radius 1 is 1.42 bits per heavy atom. The van der Waals surface area contributed by atoms with Gasteiger partial charge < -0.3 is 15.0 Å². The van der Waals surface area contributed by atoms with Gasteiger partial charge in [-0.15, -0.1) is 11.3 Å². The lowest BCUT2D eigenvalue weighted by molar-refractivity contribution is -0.113. The first-order valence-corrected chi connectivity index (χ1v) is 9.83. The number of aryl methyl sites for hydroxylation is 2. The molecule has 136 valence electrons. The summed E-state index contributed by atoms with van der Waals surface area (Å²) in [7, 11) is 1.52. The molecule has 0 spiro atoms. The molecule has 2 heterocycles. The normalized spacial score (nSPS) is 10.9. The van der Waals surface area contributed by atoms with E-state index >= 15 is 0 Å². The summed E-state index contributed by atoms with van der Waals surface area (Å²) in [6.07, 6.45) is 0. The van der Waals surface area contributed by atoms with Gasteiger partial charge in [0.2, 0.25) is 5.91 Å². The molecular formula is C17H16ClN3O3S2. The molecule has 3 aromatic rings. The molecule has 3 rings (SSSR count). The first-order chi connectivity index (χ1) is 12.4. The van der Waals surface area contributed by atoms with Gasteiger partial charge in [0.1, 0.15) is 10.6 Å². The van der Waals surface area contributed by atoms with Crippen LogP contribution in [0.5, 0.6) is 5.75 Å². The zero-order valence-corrected chi connectivity index (χ0v) is 16.7. The molecule has 0 saturated carbocycles. The summed E-state index contributed by atoms with van der Waals surface area (Å²) in [5.74, 6) is 0.357. The number of aromatic amines is 1. The number of thiophene rings is 1. The van der Waals surface area contributed by atoms with Gasteiger partial charge in [0.15, 0.2) is 5.16 Å². The van der Waals surface area contributed by atoms with Crippen LogP contribution in [-0.4, -0.2) is 28.7 Å². The lowest BCUT2D eigenvalue weighted by Crippen LogP contribution is -2.16. The van der Waals surface area contributed by atoms with Crippen LogP contribution in [0.3, 0.4) is 0 Å². The van der Waals surface area contributed by atoms with Crippen molar-refractivity contribution in [1.29, 1.82) is 0 Å². The Morgan fingerprint density at radius 3 is 2.92 bits per heavy atom. The number of ether oxygens (including phenoxy) is 1. The number of methoxy groups -OCH3 is 1. The molecule has 0 saturated heterocycles. The Kier molecular flexibility index (Phi) is 5.55. The topological polar surface area (TPSA) is 84.1 Å². The van der Waals surface area contributed by atoms with Crippen LogP contribution in [0.4, 0.5) is 5.69 Å². The first-order valence-electron chi connectivity index (χ1n) is 7.65. The fourth-order valence-corrected chi connectivity index (χ4v) is 4.32. The van der Waals surface area contributed by atoms with Crippen molar-refractivity contribution >= 4 is 56.5 Å². The van der Waals surface area contributed by atoms with Gasteiger partial charge in [-0.05, 0) is 37.6 Å². The highest BCUT2D eigenvalue weighted by molar-refractivity contribution is 7.99. The largest absolute Gasteiger partial charge is 0.495 e. The van der Waals surface area contributed by atoms with Crippen molar-refractivity contribution in [1.82, 2.24) is 9.97 Å². The fraction of sp³-hybridized carbons (Fsp3) is 0.235. The van der Waals surface area contributed by atoms with Crippen LogP contribution in [0.2, 0.25) is 5.02 Å². The summed E-state index contributed by atoms with van der Waals surface area (Å²) in [6, 6.07) is 4.98. The van der Waals surface area contributed by atoms with E-state index in [-0.39, 0.29) is 17.2 Å². The lowest BCUT2D eigenvalue weighted by atomic mass is 10.2. The van der Waals surface area contributed by atoms with Crippen molar-refractivity contribution < 1.29 is 9.53 Å². The second kappa shape index (κ2) is 7.69. The molecule has 9 heteroatoms. The van der Waals surface area contributed by atoms with Gasteiger partial charge in [0.25, 0.3) is 5.56 Å². The number of carbonyl (C=O) groups excluding carboxylic acids is 1. The van der Waals surface area contributed by atoms with Crippen molar-refractivity contribution in [3.8, 4) is 5.75 Å². The average molecular weight is 410 g/mol. The Balaban J connectivity index is 1.73. The summed E-state index contributed by atoms with van der Waals surface area (Å²) in [5, 5.41) is 4.27. The summed E-state index contributed by atoms with van der Waals surface area (Å²) >= 11 is 8.60. The third kappa shape index (κ3) is 3.87. The highest BCUT2D eigenvalue weighted by Gasteiger charge is 2.14. The maximum atomic E-state index is 12.3.